The van der Waals surface area contributed by atoms with Crippen LogP contribution in [0.3, 0.4) is 0 Å². The summed E-state index contributed by atoms with van der Waals surface area (Å²) in [5.74, 6) is 0.647. The third kappa shape index (κ3) is 2.52. The van der Waals surface area contributed by atoms with E-state index in [0.29, 0.717) is 18.0 Å². The van der Waals surface area contributed by atoms with Crippen molar-refractivity contribution in [2.24, 2.45) is 7.05 Å². The van der Waals surface area contributed by atoms with E-state index in [2.05, 4.69) is 26.2 Å². The zero-order valence-corrected chi connectivity index (χ0v) is 10.3. The van der Waals surface area contributed by atoms with Gasteiger partial charge in [-0.25, -0.2) is 0 Å². The summed E-state index contributed by atoms with van der Waals surface area (Å²) in [7, 11) is 1.81. The van der Waals surface area contributed by atoms with Crippen molar-refractivity contribution in [3.63, 3.8) is 0 Å². The molecule has 0 radical (unpaired) electrons. The lowest BCUT2D eigenvalue weighted by molar-refractivity contribution is 0.303. The third-order valence-corrected chi connectivity index (χ3v) is 2.49. The lowest BCUT2D eigenvalue weighted by Crippen LogP contribution is -1.99. The monoisotopic (exact) mass is 282 g/mol. The van der Waals surface area contributed by atoms with Crippen LogP contribution in [0.25, 0.3) is 0 Å². The second-order valence-electron chi connectivity index (χ2n) is 3.35. The molecule has 0 saturated heterocycles. The van der Waals surface area contributed by atoms with Gasteiger partial charge in [0, 0.05) is 11.5 Å². The van der Waals surface area contributed by atoms with Crippen LogP contribution in [-0.4, -0.2) is 15.0 Å². The molecular weight excluding hydrogens is 272 g/mol. The largest absolute Gasteiger partial charge is 0.485 e. The van der Waals surface area contributed by atoms with Crippen molar-refractivity contribution in [3.05, 3.63) is 34.6 Å². The number of aryl methyl sites for hydroxylation is 1. The van der Waals surface area contributed by atoms with E-state index in [4.69, 9.17) is 10.5 Å². The van der Waals surface area contributed by atoms with Crippen molar-refractivity contribution < 1.29 is 4.74 Å². The molecule has 0 aliphatic carbocycles. The van der Waals surface area contributed by atoms with Gasteiger partial charge in [0.05, 0.1) is 11.9 Å². The molecule has 1 heterocycles. The van der Waals surface area contributed by atoms with Gasteiger partial charge in [0.1, 0.15) is 18.1 Å². The number of aromatic nitrogens is 3. The predicted octanol–water partition coefficient (Wildman–Crippen LogP) is 1.74. The van der Waals surface area contributed by atoms with Crippen molar-refractivity contribution in [3.8, 4) is 5.75 Å². The highest BCUT2D eigenvalue weighted by Gasteiger charge is 2.03. The van der Waals surface area contributed by atoms with Gasteiger partial charge in [-0.1, -0.05) is 21.1 Å². The molecule has 1 aromatic carbocycles. The number of halogens is 1. The van der Waals surface area contributed by atoms with Crippen LogP contribution >= 0.6 is 15.9 Å². The molecule has 2 aromatic rings. The van der Waals surface area contributed by atoms with E-state index < -0.39 is 0 Å². The molecule has 6 heteroatoms. The minimum Gasteiger partial charge on any atom is -0.485 e. The Hall–Kier alpha value is -1.56. The molecule has 0 fully saturated rings. The van der Waals surface area contributed by atoms with Gasteiger partial charge in [-0.2, -0.15) is 0 Å². The van der Waals surface area contributed by atoms with E-state index in [1.807, 2.05) is 19.2 Å². The first-order chi connectivity index (χ1) is 7.65. The van der Waals surface area contributed by atoms with Gasteiger partial charge >= 0.3 is 0 Å². The van der Waals surface area contributed by atoms with E-state index >= 15 is 0 Å². The normalized spacial score (nSPS) is 10.4. The minimum atomic E-state index is 0.361. The van der Waals surface area contributed by atoms with Crippen molar-refractivity contribution in [1.29, 1.82) is 0 Å². The number of ether oxygens (including phenoxy) is 1. The van der Waals surface area contributed by atoms with Crippen LogP contribution in [0.5, 0.6) is 5.75 Å². The van der Waals surface area contributed by atoms with E-state index in [1.54, 1.807) is 16.9 Å². The lowest BCUT2D eigenvalue weighted by atomic mass is 10.3. The molecule has 0 spiro atoms. The Kier molecular flexibility index (Phi) is 3.09. The zero-order valence-electron chi connectivity index (χ0n) is 8.72. The summed E-state index contributed by atoms with van der Waals surface area (Å²) in [5, 5.41) is 7.73. The quantitative estimate of drug-likeness (QED) is 0.871. The van der Waals surface area contributed by atoms with Crippen molar-refractivity contribution in [2.45, 2.75) is 6.61 Å². The number of hydrogen-bond donors (Lipinski definition) is 1. The fourth-order valence-corrected chi connectivity index (χ4v) is 1.64. The molecule has 0 atom stereocenters. The Bertz CT molecular complexity index is 497. The molecule has 1 aromatic heterocycles. The van der Waals surface area contributed by atoms with Gasteiger partial charge in [-0.3, -0.25) is 4.68 Å². The second kappa shape index (κ2) is 4.52. The second-order valence-corrected chi connectivity index (χ2v) is 4.27. The van der Waals surface area contributed by atoms with E-state index in [-0.39, 0.29) is 0 Å². The number of nitrogen functional groups attached to an aromatic ring is 1. The summed E-state index contributed by atoms with van der Waals surface area (Å²) in [6.07, 6.45) is 1.80. The molecule has 5 nitrogen and oxygen atoms in total. The number of nitrogens with two attached hydrogens (primary N) is 1. The Morgan fingerprint density at radius 2 is 2.31 bits per heavy atom. The molecular formula is C10H11BrN4O. The van der Waals surface area contributed by atoms with Gasteiger partial charge < -0.3 is 10.5 Å². The molecule has 2 rings (SSSR count). The minimum absolute atomic E-state index is 0.361. The molecule has 0 aliphatic heterocycles. The van der Waals surface area contributed by atoms with Crippen LogP contribution in [-0.2, 0) is 13.7 Å². The zero-order chi connectivity index (χ0) is 11.5. The number of hydrogen-bond acceptors (Lipinski definition) is 4. The standard InChI is InChI=1S/C10H11BrN4O/c1-15-5-8(13-14-15)6-16-10-3-2-7(11)4-9(10)12/h2-5H,6,12H2,1H3. The number of benzene rings is 1. The smallest absolute Gasteiger partial charge is 0.142 e. The Morgan fingerprint density at radius 1 is 1.50 bits per heavy atom. The molecule has 0 unspecified atom stereocenters. The Balaban J connectivity index is 2.04. The SMILES string of the molecule is Cn1cc(COc2ccc(Br)cc2N)nn1. The predicted molar refractivity (Wildman–Crippen MR) is 63.9 cm³/mol. The molecule has 0 amide bonds. The highest BCUT2D eigenvalue weighted by Crippen LogP contribution is 2.25. The van der Waals surface area contributed by atoms with Crippen LogP contribution in [0.4, 0.5) is 5.69 Å². The molecule has 0 aliphatic rings. The van der Waals surface area contributed by atoms with Gasteiger partial charge in [-0.05, 0) is 18.2 Å². The summed E-state index contributed by atoms with van der Waals surface area (Å²) in [4.78, 5) is 0. The summed E-state index contributed by atoms with van der Waals surface area (Å²) >= 11 is 3.33. The van der Waals surface area contributed by atoms with Crippen molar-refractivity contribution in [2.75, 3.05) is 5.73 Å². The lowest BCUT2D eigenvalue weighted by Gasteiger charge is -2.07. The van der Waals surface area contributed by atoms with Crippen molar-refractivity contribution >= 4 is 21.6 Å². The first-order valence-corrected chi connectivity index (χ1v) is 5.47. The number of nitrogens with zero attached hydrogens (tertiary/aromatic N) is 3. The summed E-state index contributed by atoms with van der Waals surface area (Å²) < 4.78 is 8.09. The Morgan fingerprint density at radius 3 is 2.94 bits per heavy atom. The van der Waals surface area contributed by atoms with Gasteiger partial charge in [0.25, 0.3) is 0 Å². The van der Waals surface area contributed by atoms with E-state index in [1.165, 1.54) is 0 Å². The number of anilines is 1. The topological polar surface area (TPSA) is 66.0 Å². The number of rotatable bonds is 3. The van der Waals surface area contributed by atoms with Crippen LogP contribution in [0.2, 0.25) is 0 Å². The van der Waals surface area contributed by atoms with E-state index in [9.17, 15) is 0 Å². The first-order valence-electron chi connectivity index (χ1n) is 4.68. The molecule has 2 N–H and O–H groups in total. The van der Waals surface area contributed by atoms with Crippen LogP contribution < -0.4 is 10.5 Å². The van der Waals surface area contributed by atoms with Gasteiger partial charge in [-0.15, -0.1) is 5.10 Å². The fraction of sp³-hybridized carbons (Fsp3) is 0.200. The summed E-state index contributed by atoms with van der Waals surface area (Å²) in [5.41, 5.74) is 7.16. The van der Waals surface area contributed by atoms with Crippen LogP contribution in [0, 0.1) is 0 Å². The van der Waals surface area contributed by atoms with Gasteiger partial charge in [0.2, 0.25) is 0 Å². The third-order valence-electron chi connectivity index (χ3n) is 2.00. The van der Waals surface area contributed by atoms with Crippen LogP contribution in [0.15, 0.2) is 28.9 Å². The van der Waals surface area contributed by atoms with Crippen LogP contribution in [0.1, 0.15) is 5.69 Å². The molecule has 16 heavy (non-hydrogen) atoms. The average molecular weight is 283 g/mol. The highest BCUT2D eigenvalue weighted by molar-refractivity contribution is 9.10. The fourth-order valence-electron chi connectivity index (χ4n) is 1.26. The summed E-state index contributed by atoms with van der Waals surface area (Å²) in [6, 6.07) is 5.49. The highest BCUT2D eigenvalue weighted by atomic mass is 79.9. The molecule has 0 saturated carbocycles. The molecule has 0 bridgehead atoms. The van der Waals surface area contributed by atoms with Gasteiger partial charge in [0.15, 0.2) is 0 Å². The maximum Gasteiger partial charge on any atom is 0.142 e. The summed E-state index contributed by atoms with van der Waals surface area (Å²) in [6.45, 7) is 0.361. The Labute approximate surface area is 101 Å². The maximum atomic E-state index is 5.79. The van der Waals surface area contributed by atoms with E-state index in [0.717, 1.165) is 10.2 Å². The maximum absolute atomic E-state index is 5.79. The first kappa shape index (κ1) is 10.9. The molecule has 84 valence electrons. The van der Waals surface area contributed by atoms with Crippen molar-refractivity contribution in [1.82, 2.24) is 15.0 Å². The average Bonchev–Trinajstić information content (AvgIpc) is 2.63.